The minimum atomic E-state index is 0.325. The molecule has 1 atom stereocenters. The second-order valence-electron chi connectivity index (χ2n) is 6.20. The van der Waals surface area contributed by atoms with Crippen molar-refractivity contribution in [2.24, 2.45) is 5.92 Å². The number of hydrogen-bond donors (Lipinski definition) is 1. The van der Waals surface area contributed by atoms with Crippen molar-refractivity contribution in [2.45, 2.75) is 25.4 Å². The normalized spacial score (nSPS) is 16.9. The fraction of sp³-hybridized carbons (Fsp3) is 0.421. The summed E-state index contributed by atoms with van der Waals surface area (Å²) in [7, 11) is 0. The van der Waals surface area contributed by atoms with Crippen LogP contribution in [0.2, 0.25) is 10.0 Å². The SMILES string of the molecule is Clc1ccc(C(COCc2ccccn2)C2CCNCC2)cc1Cl. The zero-order valence-corrected chi connectivity index (χ0v) is 15.1. The predicted molar refractivity (Wildman–Crippen MR) is 98.7 cm³/mol. The molecule has 0 aliphatic carbocycles. The van der Waals surface area contributed by atoms with Crippen LogP contribution >= 0.6 is 23.2 Å². The topological polar surface area (TPSA) is 34.1 Å². The minimum absolute atomic E-state index is 0.325. The molecule has 3 nitrogen and oxygen atoms in total. The first-order chi connectivity index (χ1) is 11.7. The van der Waals surface area contributed by atoms with Gasteiger partial charge in [-0.25, -0.2) is 0 Å². The van der Waals surface area contributed by atoms with Gasteiger partial charge in [0, 0.05) is 12.1 Å². The summed E-state index contributed by atoms with van der Waals surface area (Å²) in [6.07, 6.45) is 4.09. The van der Waals surface area contributed by atoms with E-state index in [9.17, 15) is 0 Å². The first-order valence-electron chi connectivity index (χ1n) is 8.37. The van der Waals surface area contributed by atoms with E-state index in [0.29, 0.717) is 35.1 Å². The number of rotatable bonds is 6. The summed E-state index contributed by atoms with van der Waals surface area (Å²) in [6, 6.07) is 11.8. The molecule has 1 fully saturated rings. The van der Waals surface area contributed by atoms with E-state index in [4.69, 9.17) is 27.9 Å². The Bertz CT molecular complexity index is 645. The van der Waals surface area contributed by atoms with Crippen LogP contribution in [0.4, 0.5) is 0 Å². The Labute approximate surface area is 153 Å². The molecule has 1 aromatic heterocycles. The molecule has 0 amide bonds. The molecule has 2 aromatic rings. The molecule has 128 valence electrons. The molecule has 0 radical (unpaired) electrons. The van der Waals surface area contributed by atoms with E-state index in [1.165, 1.54) is 5.56 Å². The van der Waals surface area contributed by atoms with Crippen molar-refractivity contribution in [3.63, 3.8) is 0 Å². The van der Waals surface area contributed by atoms with Gasteiger partial charge in [0.25, 0.3) is 0 Å². The quantitative estimate of drug-likeness (QED) is 0.807. The van der Waals surface area contributed by atoms with Gasteiger partial charge in [0.1, 0.15) is 0 Å². The first-order valence-corrected chi connectivity index (χ1v) is 9.13. The molecule has 1 N–H and O–H groups in total. The van der Waals surface area contributed by atoms with Crippen LogP contribution < -0.4 is 5.32 Å². The summed E-state index contributed by atoms with van der Waals surface area (Å²) in [5.41, 5.74) is 2.16. The summed E-state index contributed by atoms with van der Waals surface area (Å²) in [6.45, 7) is 3.31. The fourth-order valence-electron chi connectivity index (χ4n) is 3.27. The number of nitrogens with zero attached hydrogens (tertiary/aromatic N) is 1. The molecule has 0 spiro atoms. The number of nitrogens with one attached hydrogen (secondary N) is 1. The highest BCUT2D eigenvalue weighted by atomic mass is 35.5. The third kappa shape index (κ3) is 4.70. The first kappa shape index (κ1) is 17.7. The molecule has 1 aromatic carbocycles. The Morgan fingerprint density at radius 1 is 1.12 bits per heavy atom. The number of aromatic nitrogens is 1. The average Bonchev–Trinajstić information content (AvgIpc) is 2.63. The van der Waals surface area contributed by atoms with Gasteiger partial charge in [-0.1, -0.05) is 35.3 Å². The van der Waals surface area contributed by atoms with Gasteiger partial charge in [0.2, 0.25) is 0 Å². The Morgan fingerprint density at radius 2 is 1.96 bits per heavy atom. The van der Waals surface area contributed by atoms with Crippen LogP contribution in [0.5, 0.6) is 0 Å². The fourth-order valence-corrected chi connectivity index (χ4v) is 3.57. The Hall–Kier alpha value is -1.13. The summed E-state index contributed by atoms with van der Waals surface area (Å²) in [5.74, 6) is 0.915. The smallest absolute Gasteiger partial charge is 0.0888 e. The van der Waals surface area contributed by atoms with Crippen molar-refractivity contribution in [1.29, 1.82) is 0 Å². The van der Waals surface area contributed by atoms with Crippen LogP contribution in [0.25, 0.3) is 0 Å². The van der Waals surface area contributed by atoms with Crippen LogP contribution in [0.3, 0.4) is 0 Å². The second-order valence-corrected chi connectivity index (χ2v) is 7.02. The molecule has 1 unspecified atom stereocenters. The van der Waals surface area contributed by atoms with E-state index < -0.39 is 0 Å². The van der Waals surface area contributed by atoms with E-state index in [0.717, 1.165) is 31.6 Å². The number of piperidine rings is 1. The number of halogens is 2. The van der Waals surface area contributed by atoms with Gasteiger partial charge in [-0.2, -0.15) is 0 Å². The number of hydrogen-bond acceptors (Lipinski definition) is 3. The summed E-state index contributed by atoms with van der Waals surface area (Å²) >= 11 is 12.3. The van der Waals surface area contributed by atoms with Crippen molar-refractivity contribution in [2.75, 3.05) is 19.7 Å². The molecule has 2 heterocycles. The second kappa shape index (κ2) is 8.82. The highest BCUT2D eigenvalue weighted by molar-refractivity contribution is 6.42. The van der Waals surface area contributed by atoms with Gasteiger partial charge < -0.3 is 10.1 Å². The van der Waals surface area contributed by atoms with Gasteiger partial charge in [0.05, 0.1) is 29.0 Å². The molecule has 0 bridgehead atoms. The summed E-state index contributed by atoms with van der Waals surface area (Å²) in [4.78, 5) is 4.31. The predicted octanol–water partition coefficient (Wildman–Crippen LogP) is 4.69. The molecular formula is C19H22Cl2N2O. The van der Waals surface area contributed by atoms with Gasteiger partial charge in [-0.15, -0.1) is 0 Å². The van der Waals surface area contributed by atoms with Crippen LogP contribution in [0.15, 0.2) is 42.6 Å². The van der Waals surface area contributed by atoms with Crippen LogP contribution in [0.1, 0.15) is 30.0 Å². The molecular weight excluding hydrogens is 343 g/mol. The van der Waals surface area contributed by atoms with Gasteiger partial charge in [-0.3, -0.25) is 4.98 Å². The largest absolute Gasteiger partial charge is 0.375 e. The van der Waals surface area contributed by atoms with Crippen molar-refractivity contribution in [1.82, 2.24) is 10.3 Å². The van der Waals surface area contributed by atoms with Crippen molar-refractivity contribution < 1.29 is 4.74 Å². The Kier molecular flexibility index (Phi) is 6.50. The van der Waals surface area contributed by atoms with E-state index in [2.05, 4.69) is 16.4 Å². The highest BCUT2D eigenvalue weighted by Gasteiger charge is 2.25. The zero-order valence-electron chi connectivity index (χ0n) is 13.6. The van der Waals surface area contributed by atoms with Crippen LogP contribution in [0, 0.1) is 5.92 Å². The summed E-state index contributed by atoms with van der Waals surface area (Å²) < 4.78 is 6.00. The monoisotopic (exact) mass is 364 g/mol. The van der Waals surface area contributed by atoms with E-state index in [-0.39, 0.29) is 0 Å². The Morgan fingerprint density at radius 3 is 2.67 bits per heavy atom. The van der Waals surface area contributed by atoms with Crippen LogP contribution in [-0.2, 0) is 11.3 Å². The lowest BCUT2D eigenvalue weighted by Gasteiger charge is -2.31. The third-order valence-electron chi connectivity index (χ3n) is 4.60. The lowest BCUT2D eigenvalue weighted by Crippen LogP contribution is -2.32. The van der Waals surface area contributed by atoms with Crippen molar-refractivity contribution in [3.8, 4) is 0 Å². The lowest BCUT2D eigenvalue weighted by molar-refractivity contribution is 0.0838. The molecule has 1 aliphatic rings. The third-order valence-corrected chi connectivity index (χ3v) is 5.34. The molecule has 0 saturated carbocycles. The van der Waals surface area contributed by atoms with Crippen LogP contribution in [-0.4, -0.2) is 24.7 Å². The standard InChI is InChI=1S/C19H22Cl2N2O/c20-18-5-4-15(11-19(18)21)17(14-6-9-22-10-7-14)13-24-12-16-3-1-2-8-23-16/h1-5,8,11,14,17,22H,6-7,9-10,12-13H2. The zero-order chi connectivity index (χ0) is 16.8. The molecule has 24 heavy (non-hydrogen) atoms. The van der Waals surface area contributed by atoms with E-state index in [1.54, 1.807) is 6.20 Å². The maximum Gasteiger partial charge on any atom is 0.0888 e. The van der Waals surface area contributed by atoms with Crippen molar-refractivity contribution in [3.05, 3.63) is 63.9 Å². The van der Waals surface area contributed by atoms with Crippen molar-refractivity contribution >= 4 is 23.2 Å². The number of ether oxygens (including phenoxy) is 1. The minimum Gasteiger partial charge on any atom is -0.375 e. The van der Waals surface area contributed by atoms with E-state index >= 15 is 0 Å². The number of pyridine rings is 1. The molecule has 3 rings (SSSR count). The van der Waals surface area contributed by atoms with Gasteiger partial charge in [0.15, 0.2) is 0 Å². The summed E-state index contributed by atoms with van der Waals surface area (Å²) in [5, 5.41) is 4.63. The Balaban J connectivity index is 1.70. The molecule has 1 aliphatic heterocycles. The highest BCUT2D eigenvalue weighted by Crippen LogP contribution is 2.34. The van der Waals surface area contributed by atoms with E-state index in [1.807, 2.05) is 30.3 Å². The van der Waals surface area contributed by atoms with Gasteiger partial charge >= 0.3 is 0 Å². The lowest BCUT2D eigenvalue weighted by atomic mass is 9.81. The maximum atomic E-state index is 6.23. The average molecular weight is 365 g/mol. The maximum absolute atomic E-state index is 6.23. The number of benzene rings is 1. The molecule has 5 heteroatoms. The van der Waals surface area contributed by atoms with Gasteiger partial charge in [-0.05, 0) is 61.7 Å². The molecule has 1 saturated heterocycles.